The van der Waals surface area contributed by atoms with Gasteiger partial charge >= 0.3 is 12.1 Å². The third kappa shape index (κ3) is 6.32. The van der Waals surface area contributed by atoms with Gasteiger partial charge in [-0.1, -0.05) is 24.3 Å². The summed E-state index contributed by atoms with van der Waals surface area (Å²) < 4.78 is 60.6. The monoisotopic (exact) mass is 434 g/mol. The van der Waals surface area contributed by atoms with E-state index in [2.05, 4.69) is 0 Å². The molecule has 0 saturated heterocycles. The van der Waals surface area contributed by atoms with E-state index in [0.29, 0.717) is 0 Å². The number of hydrogen-bond donors (Lipinski definition) is 3. The van der Waals surface area contributed by atoms with Gasteiger partial charge in [0.05, 0.1) is 5.92 Å². The number of rotatable bonds is 9. The van der Waals surface area contributed by atoms with Crippen molar-refractivity contribution in [1.82, 2.24) is 0 Å². The van der Waals surface area contributed by atoms with E-state index in [1.807, 2.05) is 16.8 Å². The van der Waals surface area contributed by atoms with Crippen LogP contribution in [0.3, 0.4) is 0 Å². The molecule has 28 heavy (non-hydrogen) atoms. The maximum absolute atomic E-state index is 13.5. The number of carboxylic acids is 1. The Bertz CT molecular complexity index is 880. The van der Waals surface area contributed by atoms with Crippen LogP contribution in [0.2, 0.25) is 0 Å². The summed E-state index contributed by atoms with van der Waals surface area (Å²) in [6, 6.07) is 6.61. The molecule has 1 aromatic heterocycles. The van der Waals surface area contributed by atoms with E-state index in [9.17, 15) is 22.2 Å². The second kappa shape index (κ2) is 9.06. The summed E-state index contributed by atoms with van der Waals surface area (Å²) in [5.74, 6) is -3.96. The average Bonchev–Trinajstić information content (AvgIpc) is 3.13. The largest absolute Gasteiger partial charge is 0.480 e. The van der Waals surface area contributed by atoms with Crippen LogP contribution in [0.4, 0.5) is 13.2 Å². The number of benzene rings is 1. The summed E-state index contributed by atoms with van der Waals surface area (Å²) in [6.07, 6.45) is -5.27. The van der Waals surface area contributed by atoms with Crippen LogP contribution in [0, 0.1) is 4.78 Å². The molecule has 2 rings (SSSR count). The van der Waals surface area contributed by atoms with E-state index < -0.39 is 46.0 Å². The number of carboxylic acid groups (broad SMARTS) is 1. The van der Waals surface area contributed by atoms with Gasteiger partial charge in [-0.3, -0.25) is 9.57 Å². The zero-order valence-electron chi connectivity index (χ0n) is 14.8. The molecule has 5 nitrogen and oxygen atoms in total. The first kappa shape index (κ1) is 22.4. The third-order valence-corrected chi connectivity index (χ3v) is 6.85. The van der Waals surface area contributed by atoms with Crippen LogP contribution in [0.15, 0.2) is 41.1 Å². The zero-order chi connectivity index (χ0) is 20.9. The second-order valence-electron chi connectivity index (χ2n) is 6.47. The lowest BCUT2D eigenvalue weighted by Gasteiger charge is -2.21. The molecule has 2 unspecified atom stereocenters. The standard InChI is InChI=1S/C18H21F3N2O3S2/c19-18(20,21)15(6-9-28(23,26)10-7-16(22)17(24)25)13-3-1-12(2-4-13)14-5-8-27-11-14/h1-5,8,11,15-16,23H,6-7,9-10,22H2,(H,24,25)/t15?,16-,28?/m0/s1. The van der Waals surface area contributed by atoms with Gasteiger partial charge in [0.15, 0.2) is 0 Å². The van der Waals surface area contributed by atoms with Gasteiger partial charge in [-0.2, -0.15) is 24.5 Å². The highest BCUT2D eigenvalue weighted by Gasteiger charge is 2.40. The molecule has 1 heterocycles. The molecule has 10 heteroatoms. The molecule has 0 aliphatic rings. The summed E-state index contributed by atoms with van der Waals surface area (Å²) in [6.45, 7) is 0. The van der Waals surface area contributed by atoms with E-state index in [1.165, 1.54) is 23.5 Å². The van der Waals surface area contributed by atoms with Crippen LogP contribution in [0.1, 0.15) is 24.3 Å². The van der Waals surface area contributed by atoms with Gasteiger partial charge in [-0.25, -0.2) is 4.21 Å². The number of halogens is 3. The number of nitrogens with one attached hydrogen (secondary N) is 1. The summed E-state index contributed by atoms with van der Waals surface area (Å²) in [4.78, 5) is 10.7. The summed E-state index contributed by atoms with van der Waals surface area (Å²) in [5, 5.41) is 12.5. The minimum Gasteiger partial charge on any atom is -0.480 e. The van der Waals surface area contributed by atoms with Gasteiger partial charge in [0.1, 0.15) is 6.04 Å². The zero-order valence-corrected chi connectivity index (χ0v) is 16.4. The van der Waals surface area contributed by atoms with Gasteiger partial charge in [0.2, 0.25) is 0 Å². The molecule has 0 bridgehead atoms. The molecule has 0 radical (unpaired) electrons. The van der Waals surface area contributed by atoms with Crippen LogP contribution < -0.4 is 5.73 Å². The summed E-state index contributed by atoms with van der Waals surface area (Å²) >= 11 is 1.49. The minimum absolute atomic E-state index is 0.0453. The molecular formula is C18H21F3N2O3S2. The Kier molecular flexibility index (Phi) is 7.24. The van der Waals surface area contributed by atoms with Crippen LogP contribution in [0.25, 0.3) is 11.1 Å². The van der Waals surface area contributed by atoms with E-state index in [4.69, 9.17) is 15.6 Å². The molecule has 0 aliphatic carbocycles. The third-order valence-electron chi connectivity index (χ3n) is 4.37. The SMILES string of the molecule is N=S(=O)(CCC(c1ccc(-c2ccsc2)cc1)C(F)(F)F)CC[C@H](N)C(=O)O. The quantitative estimate of drug-likeness (QED) is 0.547. The van der Waals surface area contributed by atoms with Crippen molar-refractivity contribution in [2.24, 2.45) is 5.73 Å². The van der Waals surface area contributed by atoms with Crippen LogP contribution in [0.5, 0.6) is 0 Å². The van der Waals surface area contributed by atoms with Gasteiger partial charge in [0.25, 0.3) is 0 Å². The molecule has 0 saturated carbocycles. The van der Waals surface area contributed by atoms with Crippen molar-refractivity contribution in [3.05, 3.63) is 46.7 Å². The van der Waals surface area contributed by atoms with Crippen molar-refractivity contribution in [3.63, 3.8) is 0 Å². The first-order valence-corrected chi connectivity index (χ1v) is 11.3. The fourth-order valence-corrected chi connectivity index (χ4v) is 4.83. The number of hydrogen-bond acceptors (Lipinski definition) is 5. The Morgan fingerprint density at radius 3 is 2.25 bits per heavy atom. The Hall–Kier alpha value is -1.91. The van der Waals surface area contributed by atoms with Crippen molar-refractivity contribution in [3.8, 4) is 11.1 Å². The molecular weight excluding hydrogens is 413 g/mol. The first-order valence-electron chi connectivity index (χ1n) is 8.41. The second-order valence-corrected chi connectivity index (χ2v) is 9.69. The lowest BCUT2D eigenvalue weighted by molar-refractivity contribution is -0.150. The molecule has 3 atom stereocenters. The number of thiophene rings is 1. The minimum atomic E-state index is -4.54. The lowest BCUT2D eigenvalue weighted by Crippen LogP contribution is -2.32. The van der Waals surface area contributed by atoms with Gasteiger partial charge in [0, 0.05) is 21.2 Å². The number of aliphatic carboxylic acids is 1. The molecule has 0 amide bonds. The van der Waals surface area contributed by atoms with Gasteiger partial charge in [-0.05, 0) is 46.4 Å². The highest BCUT2D eigenvalue weighted by atomic mass is 32.2. The number of carbonyl (C=O) groups is 1. The smallest absolute Gasteiger partial charge is 0.395 e. The fraction of sp³-hybridized carbons (Fsp3) is 0.389. The van der Waals surface area contributed by atoms with E-state index in [-0.39, 0.29) is 17.7 Å². The molecule has 154 valence electrons. The summed E-state index contributed by atoms with van der Waals surface area (Å²) in [5.41, 5.74) is 7.08. The van der Waals surface area contributed by atoms with Crippen molar-refractivity contribution in [2.75, 3.05) is 11.5 Å². The first-order chi connectivity index (χ1) is 13.0. The average molecular weight is 435 g/mol. The van der Waals surface area contributed by atoms with Crippen molar-refractivity contribution < 1.29 is 27.3 Å². The summed E-state index contributed by atoms with van der Waals surface area (Å²) in [7, 11) is -3.36. The topological polar surface area (TPSA) is 104 Å². The van der Waals surface area contributed by atoms with Crippen molar-refractivity contribution in [1.29, 1.82) is 4.78 Å². The van der Waals surface area contributed by atoms with Crippen LogP contribution in [-0.4, -0.2) is 39.0 Å². The maximum atomic E-state index is 13.5. The van der Waals surface area contributed by atoms with Crippen LogP contribution >= 0.6 is 11.3 Å². The Balaban J connectivity index is 2.09. The van der Waals surface area contributed by atoms with E-state index in [0.717, 1.165) is 11.1 Å². The molecule has 1 aromatic carbocycles. The van der Waals surface area contributed by atoms with Crippen LogP contribution in [-0.2, 0) is 14.5 Å². The normalized spacial score (nSPS) is 16.3. The van der Waals surface area contributed by atoms with E-state index in [1.54, 1.807) is 12.1 Å². The fourth-order valence-electron chi connectivity index (χ4n) is 2.71. The Morgan fingerprint density at radius 1 is 1.14 bits per heavy atom. The molecule has 0 fully saturated rings. The van der Waals surface area contributed by atoms with Crippen molar-refractivity contribution in [2.45, 2.75) is 31.0 Å². The highest BCUT2D eigenvalue weighted by Crippen LogP contribution is 2.38. The molecule has 4 N–H and O–H groups in total. The highest BCUT2D eigenvalue weighted by molar-refractivity contribution is 7.92. The number of nitrogens with two attached hydrogens (primary N) is 1. The molecule has 2 aromatic rings. The predicted octanol–water partition coefficient (Wildman–Crippen LogP) is 4.30. The van der Waals surface area contributed by atoms with Gasteiger partial charge < -0.3 is 10.8 Å². The van der Waals surface area contributed by atoms with Gasteiger partial charge in [-0.15, -0.1) is 0 Å². The van der Waals surface area contributed by atoms with E-state index >= 15 is 0 Å². The van der Waals surface area contributed by atoms with Crippen molar-refractivity contribution >= 4 is 27.0 Å². The lowest BCUT2D eigenvalue weighted by atomic mass is 9.94. The Labute approximate surface area is 165 Å². The Morgan fingerprint density at radius 2 is 1.75 bits per heavy atom. The maximum Gasteiger partial charge on any atom is 0.395 e. The molecule has 0 aliphatic heterocycles. The molecule has 0 spiro atoms. The number of alkyl halides is 3. The predicted molar refractivity (Wildman–Crippen MR) is 104 cm³/mol.